The van der Waals surface area contributed by atoms with Crippen LogP contribution in [0.15, 0.2) is 6.33 Å². The average molecular weight is 699 g/mol. The molecule has 17 nitrogen and oxygen atoms in total. The van der Waals surface area contributed by atoms with Gasteiger partial charge in [0.05, 0.1) is 26.1 Å². The molecule has 4 unspecified atom stereocenters. The van der Waals surface area contributed by atoms with Crippen LogP contribution in [0.5, 0.6) is 0 Å². The summed E-state index contributed by atoms with van der Waals surface area (Å²) in [6, 6.07) is -1.86. The summed E-state index contributed by atoms with van der Waals surface area (Å²) in [6.45, 7) is 12.0. The molecule has 1 saturated heterocycles. The summed E-state index contributed by atoms with van der Waals surface area (Å²) in [5, 5.41) is 31.6. The molecule has 0 aromatic carbocycles. The van der Waals surface area contributed by atoms with E-state index in [1.165, 1.54) is 17.8 Å². The zero-order chi connectivity index (χ0) is 35.4. The van der Waals surface area contributed by atoms with Crippen molar-refractivity contribution < 1.29 is 43.1 Å². The van der Waals surface area contributed by atoms with E-state index in [0.717, 1.165) is 12.8 Å². The standard InChI is InChI=1S/C30H51N8O9P/c1-8-44-26(40)19(12-16(3)4)36-48(43,37-20(13-17(5)6)27(41)45-9-2)46-14-21-23(39)30(7,42)28(47-21)38-15-32-22-24(33-18-10-11-18)34-29(31)35-25(22)38/h15-21,23,28,39,42H,8-14H2,1-7H3,(H2,36,37,43)(H3,31,33,34,35)/t19?,20?,21-,23+,28?,30?,48?/m1/s1. The van der Waals surface area contributed by atoms with Crippen molar-refractivity contribution in [1.82, 2.24) is 29.7 Å². The molecule has 0 radical (unpaired) electrons. The smallest absolute Gasteiger partial charge is 0.342 e. The lowest BCUT2D eigenvalue weighted by molar-refractivity contribution is -0.146. The van der Waals surface area contributed by atoms with Crippen LogP contribution in [0, 0.1) is 11.8 Å². The Morgan fingerprint density at radius 3 is 2.15 bits per heavy atom. The minimum absolute atomic E-state index is 0.00411. The number of aliphatic hydroxyl groups excluding tert-OH is 1. The molecule has 3 heterocycles. The highest BCUT2D eigenvalue weighted by Crippen LogP contribution is 2.45. The van der Waals surface area contributed by atoms with Crippen molar-refractivity contribution in [2.45, 2.75) is 116 Å². The van der Waals surface area contributed by atoms with Gasteiger partial charge in [0, 0.05) is 6.04 Å². The predicted octanol–water partition coefficient (Wildman–Crippen LogP) is 2.25. The minimum Gasteiger partial charge on any atom is -0.465 e. The normalized spacial score (nSPS) is 25.3. The molecule has 1 aliphatic heterocycles. The number of ether oxygens (including phenoxy) is 3. The average Bonchev–Trinajstić information content (AvgIpc) is 3.66. The molecule has 2 fully saturated rings. The van der Waals surface area contributed by atoms with Gasteiger partial charge in [-0.15, -0.1) is 0 Å². The fraction of sp³-hybridized carbons (Fsp3) is 0.767. The molecule has 0 bridgehead atoms. The first-order chi connectivity index (χ1) is 22.6. The van der Waals surface area contributed by atoms with E-state index in [2.05, 4.69) is 30.4 Å². The van der Waals surface area contributed by atoms with Gasteiger partial charge in [-0.1, -0.05) is 27.7 Å². The summed E-state index contributed by atoms with van der Waals surface area (Å²) in [6.07, 6.45) is -0.0877. The molecule has 18 heteroatoms. The number of nitrogens with zero attached hydrogens (tertiary/aromatic N) is 4. The second-order valence-electron chi connectivity index (χ2n) is 13.3. The third-order valence-electron chi connectivity index (χ3n) is 7.99. The molecule has 4 rings (SSSR count). The van der Waals surface area contributed by atoms with Gasteiger partial charge in [-0.05, 0) is 58.3 Å². The quantitative estimate of drug-likeness (QED) is 0.0967. The predicted molar refractivity (Wildman–Crippen MR) is 177 cm³/mol. The Hall–Kier alpha value is -2.92. The molecule has 48 heavy (non-hydrogen) atoms. The second kappa shape index (κ2) is 15.7. The van der Waals surface area contributed by atoms with E-state index >= 15 is 0 Å². The summed E-state index contributed by atoms with van der Waals surface area (Å²) in [4.78, 5) is 38.9. The molecule has 270 valence electrons. The van der Waals surface area contributed by atoms with Crippen LogP contribution in [0.25, 0.3) is 11.2 Å². The van der Waals surface area contributed by atoms with E-state index in [-0.39, 0.29) is 55.5 Å². The number of carbonyl (C=O) groups is 2. The number of hydrogen-bond donors (Lipinski definition) is 6. The van der Waals surface area contributed by atoms with Crippen LogP contribution in [0.2, 0.25) is 0 Å². The fourth-order valence-electron chi connectivity index (χ4n) is 5.54. The zero-order valence-corrected chi connectivity index (χ0v) is 29.6. The topological polar surface area (TPSA) is 234 Å². The number of esters is 2. The number of aromatic nitrogens is 4. The van der Waals surface area contributed by atoms with Crippen LogP contribution in [0.3, 0.4) is 0 Å². The second-order valence-corrected chi connectivity index (χ2v) is 15.2. The summed E-state index contributed by atoms with van der Waals surface area (Å²) in [5.74, 6) is -0.857. The van der Waals surface area contributed by atoms with Gasteiger partial charge in [0.2, 0.25) is 5.95 Å². The molecule has 0 amide bonds. The third-order valence-corrected chi connectivity index (χ3v) is 9.81. The summed E-state index contributed by atoms with van der Waals surface area (Å²) < 4.78 is 38.6. The molecule has 6 atom stereocenters. The van der Waals surface area contributed by atoms with Gasteiger partial charge in [-0.2, -0.15) is 9.97 Å². The maximum absolute atomic E-state index is 14.6. The lowest BCUT2D eigenvalue weighted by Gasteiger charge is -2.30. The Morgan fingerprint density at radius 2 is 1.65 bits per heavy atom. The third kappa shape index (κ3) is 9.20. The number of nitrogens with two attached hydrogens (primary N) is 1. The van der Waals surface area contributed by atoms with Crippen LogP contribution in [0.1, 0.15) is 80.4 Å². The number of imidazole rings is 1. The Bertz CT molecular complexity index is 1430. The van der Waals surface area contributed by atoms with Crippen LogP contribution >= 0.6 is 7.67 Å². The molecule has 2 aromatic heterocycles. The van der Waals surface area contributed by atoms with E-state index < -0.39 is 62.3 Å². The maximum Gasteiger partial charge on any atom is 0.342 e. The highest BCUT2D eigenvalue weighted by Gasteiger charge is 2.54. The first kappa shape index (κ1) is 37.9. The summed E-state index contributed by atoms with van der Waals surface area (Å²) in [7, 11) is -4.30. The minimum atomic E-state index is -4.30. The van der Waals surface area contributed by atoms with Crippen molar-refractivity contribution in [2.24, 2.45) is 11.8 Å². The van der Waals surface area contributed by atoms with Crippen LogP contribution in [-0.2, 0) is 32.9 Å². The molecule has 2 aromatic rings. The van der Waals surface area contributed by atoms with Gasteiger partial charge in [0.25, 0.3) is 0 Å². The molecular weight excluding hydrogens is 647 g/mol. The van der Waals surface area contributed by atoms with E-state index in [1.807, 2.05) is 27.7 Å². The SMILES string of the molecule is CCOC(=O)C(CC(C)C)NP(=O)(NC(CC(C)C)C(=O)OCC)OC[C@H]1OC(n2cnc3c(NC4CC4)nc(N)nc32)C(C)(O)[C@H]1O. The number of anilines is 2. The van der Waals surface area contributed by atoms with Gasteiger partial charge in [0.15, 0.2) is 23.2 Å². The number of fused-ring (bicyclic) bond motifs is 1. The van der Waals surface area contributed by atoms with Crippen LogP contribution < -0.4 is 21.2 Å². The summed E-state index contributed by atoms with van der Waals surface area (Å²) in [5.41, 5.74) is 4.79. The van der Waals surface area contributed by atoms with Gasteiger partial charge >= 0.3 is 19.6 Å². The van der Waals surface area contributed by atoms with Crippen molar-refractivity contribution >= 4 is 42.5 Å². The summed E-state index contributed by atoms with van der Waals surface area (Å²) >= 11 is 0. The Kier molecular flexibility index (Phi) is 12.4. The molecule has 7 N–H and O–H groups in total. The number of nitrogens with one attached hydrogen (secondary N) is 3. The number of carbonyl (C=O) groups excluding carboxylic acids is 2. The van der Waals surface area contributed by atoms with E-state index in [0.29, 0.717) is 11.3 Å². The van der Waals surface area contributed by atoms with E-state index in [4.69, 9.17) is 24.5 Å². The Morgan fingerprint density at radius 1 is 1.08 bits per heavy atom. The molecule has 1 aliphatic carbocycles. The molecule has 1 saturated carbocycles. The van der Waals surface area contributed by atoms with Crippen molar-refractivity contribution in [3.63, 3.8) is 0 Å². The highest BCUT2D eigenvalue weighted by molar-refractivity contribution is 7.54. The first-order valence-corrected chi connectivity index (χ1v) is 18.2. The Balaban J connectivity index is 1.61. The first-order valence-electron chi connectivity index (χ1n) is 16.5. The number of rotatable bonds is 18. The van der Waals surface area contributed by atoms with Gasteiger partial charge in [-0.25, -0.2) is 15.2 Å². The molecule has 2 aliphatic rings. The number of hydrogen-bond acceptors (Lipinski definition) is 14. The lowest BCUT2D eigenvalue weighted by Crippen LogP contribution is -2.47. The van der Waals surface area contributed by atoms with E-state index in [1.54, 1.807) is 13.8 Å². The number of nitrogen functional groups attached to an aromatic ring is 1. The maximum atomic E-state index is 14.6. The number of aliphatic hydroxyl groups is 2. The zero-order valence-electron chi connectivity index (χ0n) is 28.7. The van der Waals surface area contributed by atoms with Crippen molar-refractivity contribution in [3.8, 4) is 0 Å². The largest absolute Gasteiger partial charge is 0.465 e. The highest BCUT2D eigenvalue weighted by atomic mass is 31.2. The van der Waals surface area contributed by atoms with Crippen molar-refractivity contribution in [2.75, 3.05) is 30.9 Å². The van der Waals surface area contributed by atoms with Gasteiger partial charge in [-0.3, -0.25) is 18.7 Å². The fourth-order valence-corrected chi connectivity index (χ4v) is 7.36. The van der Waals surface area contributed by atoms with Crippen LogP contribution in [-0.4, -0.2) is 97.4 Å². The van der Waals surface area contributed by atoms with Crippen molar-refractivity contribution in [1.29, 1.82) is 0 Å². The van der Waals surface area contributed by atoms with E-state index in [9.17, 15) is 24.4 Å². The molecular formula is C30H51N8O9P. The monoisotopic (exact) mass is 698 g/mol. The Labute approximate surface area is 280 Å². The molecule has 0 spiro atoms. The van der Waals surface area contributed by atoms with Gasteiger partial charge < -0.3 is 40.0 Å². The van der Waals surface area contributed by atoms with Gasteiger partial charge in [0.1, 0.15) is 29.9 Å². The van der Waals surface area contributed by atoms with Crippen LogP contribution in [0.4, 0.5) is 11.8 Å². The van der Waals surface area contributed by atoms with Crippen molar-refractivity contribution in [3.05, 3.63) is 6.33 Å². The lowest BCUT2D eigenvalue weighted by atomic mass is 9.96.